The number of hydrogen-bond acceptors (Lipinski definition) is 9. The first-order valence-electron chi connectivity index (χ1n) is 19.2. The van der Waals surface area contributed by atoms with Crippen LogP contribution in [0, 0.1) is 0 Å². The van der Waals surface area contributed by atoms with Gasteiger partial charge in [0, 0.05) is 36.4 Å². The molecular formula is C43H66BrO9P. The molecular weight excluding hydrogens is 771 g/mol. The lowest BCUT2D eigenvalue weighted by molar-refractivity contribution is -0.0000140. The quantitative estimate of drug-likeness (QED) is 0.0629. The summed E-state index contributed by atoms with van der Waals surface area (Å²) in [6.07, 6.45) is 18.4. The Morgan fingerprint density at radius 2 is 0.556 bits per heavy atom. The first-order valence-corrected chi connectivity index (χ1v) is 21.1. The highest BCUT2D eigenvalue weighted by Gasteiger charge is 2.57. The fourth-order valence-electron chi connectivity index (χ4n) is 7.30. The molecule has 3 aromatic carbocycles. The molecule has 54 heavy (non-hydrogen) atoms. The van der Waals surface area contributed by atoms with Crippen LogP contribution in [0.5, 0.6) is 51.7 Å². The molecule has 0 aliphatic carbocycles. The second-order valence-electron chi connectivity index (χ2n) is 13.3. The largest absolute Gasteiger partial charge is 1.00 e. The maximum absolute atomic E-state index is 6.24. The summed E-state index contributed by atoms with van der Waals surface area (Å²) in [5.74, 6) is 5.50. The van der Waals surface area contributed by atoms with Gasteiger partial charge in [-0.05, 0) is 12.8 Å². The van der Waals surface area contributed by atoms with Crippen molar-refractivity contribution in [3.63, 3.8) is 0 Å². The van der Waals surface area contributed by atoms with Crippen molar-refractivity contribution >= 4 is 23.2 Å². The average molecular weight is 838 g/mol. The number of unbranched alkanes of at least 4 members (excludes halogenated alkanes) is 13. The van der Waals surface area contributed by atoms with E-state index in [1.807, 2.05) is 36.4 Å². The van der Waals surface area contributed by atoms with Crippen molar-refractivity contribution < 1.29 is 59.6 Å². The summed E-state index contributed by atoms with van der Waals surface area (Å²) in [7, 11) is 12.0. The number of benzene rings is 3. The van der Waals surface area contributed by atoms with E-state index in [0.29, 0.717) is 57.9 Å². The zero-order valence-corrected chi connectivity index (χ0v) is 37.1. The van der Waals surface area contributed by atoms with Crippen LogP contribution in [0.3, 0.4) is 0 Å². The molecule has 0 amide bonds. The molecule has 0 fully saturated rings. The molecule has 0 heterocycles. The van der Waals surface area contributed by atoms with Crippen LogP contribution in [-0.2, 0) is 0 Å². The Bertz CT molecular complexity index is 1300. The molecule has 0 N–H and O–H groups in total. The predicted molar refractivity (Wildman–Crippen MR) is 219 cm³/mol. The van der Waals surface area contributed by atoms with Crippen LogP contribution < -0.4 is 75.5 Å². The molecule has 3 rings (SSSR count). The van der Waals surface area contributed by atoms with Crippen molar-refractivity contribution in [1.82, 2.24) is 0 Å². The van der Waals surface area contributed by atoms with Gasteiger partial charge < -0.3 is 59.6 Å². The van der Waals surface area contributed by atoms with E-state index in [9.17, 15) is 0 Å². The third-order valence-electron chi connectivity index (χ3n) is 10.1. The van der Waals surface area contributed by atoms with Crippen molar-refractivity contribution in [3.8, 4) is 51.7 Å². The smallest absolute Gasteiger partial charge is 0.188 e. The van der Waals surface area contributed by atoms with Crippen molar-refractivity contribution in [3.05, 3.63) is 36.4 Å². The highest BCUT2D eigenvalue weighted by Crippen LogP contribution is 2.66. The van der Waals surface area contributed by atoms with Gasteiger partial charge >= 0.3 is 0 Å². The monoisotopic (exact) mass is 836 g/mol. The Kier molecular flexibility index (Phi) is 21.8. The molecule has 9 nitrogen and oxygen atoms in total. The van der Waals surface area contributed by atoms with Crippen LogP contribution in [0.1, 0.15) is 96.8 Å². The van der Waals surface area contributed by atoms with E-state index in [1.54, 1.807) is 64.0 Å². The van der Waals surface area contributed by atoms with E-state index in [4.69, 9.17) is 42.6 Å². The normalized spacial score (nSPS) is 11.0. The van der Waals surface area contributed by atoms with Crippen molar-refractivity contribution in [2.24, 2.45) is 0 Å². The van der Waals surface area contributed by atoms with Gasteiger partial charge in [0.25, 0.3) is 0 Å². The number of hydrogen-bond donors (Lipinski definition) is 0. The van der Waals surface area contributed by atoms with Crippen LogP contribution in [0.15, 0.2) is 36.4 Å². The van der Waals surface area contributed by atoms with Crippen LogP contribution in [0.25, 0.3) is 0 Å². The molecule has 3 aromatic rings. The second-order valence-corrected chi connectivity index (χ2v) is 16.7. The molecule has 304 valence electrons. The van der Waals surface area contributed by atoms with E-state index in [0.717, 1.165) is 35.2 Å². The van der Waals surface area contributed by atoms with E-state index >= 15 is 0 Å². The summed E-state index contributed by atoms with van der Waals surface area (Å²) in [4.78, 5) is 0. The molecule has 0 saturated heterocycles. The molecule has 0 aliphatic heterocycles. The van der Waals surface area contributed by atoms with Gasteiger partial charge in [0.2, 0.25) is 0 Å². The Balaban J connectivity index is 0.0000101. The molecule has 0 saturated carbocycles. The van der Waals surface area contributed by atoms with Gasteiger partial charge in [-0.1, -0.05) is 84.0 Å². The molecule has 0 aromatic heterocycles. The van der Waals surface area contributed by atoms with Crippen LogP contribution >= 0.6 is 7.26 Å². The van der Waals surface area contributed by atoms with Crippen molar-refractivity contribution in [2.75, 3.05) is 70.2 Å². The molecule has 0 radical (unpaired) electrons. The van der Waals surface area contributed by atoms with E-state index in [2.05, 4.69) is 6.92 Å². The Labute approximate surface area is 336 Å². The molecule has 0 unspecified atom stereocenters. The topological polar surface area (TPSA) is 83.1 Å². The fraction of sp³-hybridized carbons (Fsp3) is 0.581. The minimum Gasteiger partial charge on any atom is -1.00 e. The zero-order chi connectivity index (χ0) is 38.6. The minimum atomic E-state index is -2.97. The van der Waals surface area contributed by atoms with E-state index in [1.165, 1.54) is 70.6 Å². The summed E-state index contributed by atoms with van der Waals surface area (Å²) in [5.41, 5.74) is 0. The van der Waals surface area contributed by atoms with Crippen molar-refractivity contribution in [1.29, 1.82) is 0 Å². The number of halogens is 1. The zero-order valence-electron chi connectivity index (χ0n) is 34.6. The predicted octanol–water partition coefficient (Wildman–Crippen LogP) is 6.54. The number of methoxy groups -OCH3 is 9. The SMILES string of the molecule is CCCCCCCCCCCCCCCC[P+](c1c(OC)cc(OC)cc1OC)(c1c(OC)cc(OC)cc1OC)c1c(OC)cc(OC)cc1OC.[Br-]. The van der Waals surface area contributed by atoms with Gasteiger partial charge in [-0.15, -0.1) is 0 Å². The third-order valence-corrected chi connectivity index (χ3v) is 14.7. The van der Waals surface area contributed by atoms with E-state index < -0.39 is 7.26 Å². The second kappa shape index (κ2) is 25.0. The van der Waals surface area contributed by atoms with Gasteiger partial charge in [-0.25, -0.2) is 0 Å². The first-order chi connectivity index (χ1) is 25.9. The van der Waals surface area contributed by atoms with Crippen LogP contribution in [0.2, 0.25) is 0 Å². The summed E-state index contributed by atoms with van der Waals surface area (Å²) in [5, 5.41) is 2.59. The third kappa shape index (κ3) is 11.6. The van der Waals surface area contributed by atoms with Gasteiger partial charge in [0.15, 0.2) is 50.4 Å². The first kappa shape index (κ1) is 46.9. The van der Waals surface area contributed by atoms with E-state index in [-0.39, 0.29) is 17.0 Å². The molecule has 0 spiro atoms. The minimum absolute atomic E-state index is 0. The standard InChI is InChI=1S/C43H66O9P.BrH/c1-11-12-13-14-15-16-17-18-19-20-21-22-23-24-25-53(41-35(47-5)26-32(44-2)27-36(41)48-6,42-37(49-7)28-33(45-3)29-38(42)50-8)43-39(51-9)30-34(46-4)31-40(43)52-10;/h26-31H,11-25H2,1-10H3;1H/q+1;/p-1. The Hall–Kier alpha value is -3.23. The van der Waals surface area contributed by atoms with Gasteiger partial charge in [-0.3, -0.25) is 0 Å². The van der Waals surface area contributed by atoms with Crippen LogP contribution in [-0.4, -0.2) is 70.2 Å². The van der Waals surface area contributed by atoms with Gasteiger partial charge in [0.05, 0.1) is 70.2 Å². The van der Waals surface area contributed by atoms with Crippen molar-refractivity contribution in [2.45, 2.75) is 96.8 Å². The number of rotatable bonds is 27. The fourth-order valence-corrected chi connectivity index (χ4v) is 12.5. The van der Waals surface area contributed by atoms with Gasteiger partial charge in [-0.2, -0.15) is 0 Å². The summed E-state index contributed by atoms with van der Waals surface area (Å²) >= 11 is 0. The maximum atomic E-state index is 6.24. The van der Waals surface area contributed by atoms with Crippen LogP contribution in [0.4, 0.5) is 0 Å². The molecule has 0 bridgehead atoms. The lowest BCUT2D eigenvalue weighted by Crippen LogP contribution is -3.00. The highest BCUT2D eigenvalue weighted by molar-refractivity contribution is 7.96. The summed E-state index contributed by atoms with van der Waals surface area (Å²) < 4.78 is 54.6. The Morgan fingerprint density at radius 3 is 0.759 bits per heavy atom. The van der Waals surface area contributed by atoms with Gasteiger partial charge in [0.1, 0.15) is 24.5 Å². The lowest BCUT2D eigenvalue weighted by Gasteiger charge is -2.33. The number of ether oxygens (including phenoxy) is 9. The molecule has 0 aliphatic rings. The summed E-state index contributed by atoms with van der Waals surface area (Å²) in [6.45, 7) is 2.28. The maximum Gasteiger partial charge on any atom is 0.188 e. The lowest BCUT2D eigenvalue weighted by atomic mass is 10.0. The highest BCUT2D eigenvalue weighted by atomic mass is 79.9. The summed E-state index contributed by atoms with van der Waals surface area (Å²) in [6, 6.07) is 11.4. The Morgan fingerprint density at radius 1 is 0.333 bits per heavy atom. The average Bonchev–Trinajstić information content (AvgIpc) is 3.20. The molecule has 11 heteroatoms. The molecule has 0 atom stereocenters.